The van der Waals surface area contributed by atoms with Crippen molar-refractivity contribution >= 4 is 5.82 Å². The third-order valence-electron chi connectivity index (χ3n) is 8.03. The Balaban J connectivity index is 1.27. The molecule has 11 heteroatoms. The highest BCUT2D eigenvalue weighted by molar-refractivity contribution is 5.63. The predicted molar refractivity (Wildman–Crippen MR) is 108 cm³/mol. The van der Waals surface area contributed by atoms with E-state index in [0.29, 0.717) is 23.6 Å². The minimum absolute atomic E-state index is 0.111. The van der Waals surface area contributed by atoms with Crippen molar-refractivity contribution in [2.24, 2.45) is 11.8 Å². The Labute approximate surface area is 186 Å². The molecule has 33 heavy (non-hydrogen) atoms. The third kappa shape index (κ3) is 3.34. The fourth-order valence-corrected chi connectivity index (χ4v) is 6.33. The molecule has 2 aliphatic carbocycles. The number of anilines is 1. The molecule has 4 aliphatic rings. The maximum absolute atomic E-state index is 13.3. The molecule has 0 unspecified atom stereocenters. The molecule has 2 N–H and O–H groups in total. The van der Waals surface area contributed by atoms with Gasteiger partial charge in [-0.15, -0.1) is 0 Å². The first-order chi connectivity index (χ1) is 15.7. The summed E-state index contributed by atoms with van der Waals surface area (Å²) in [6.07, 6.45) is -2.87. The van der Waals surface area contributed by atoms with Crippen molar-refractivity contribution in [1.29, 1.82) is 0 Å². The lowest BCUT2D eigenvalue weighted by molar-refractivity contribution is -0.149. The normalized spacial score (nSPS) is 31.6. The number of nitrogen functional groups attached to an aromatic ring is 1. The van der Waals surface area contributed by atoms with Gasteiger partial charge in [0, 0.05) is 35.5 Å². The van der Waals surface area contributed by atoms with Gasteiger partial charge >= 0.3 is 6.18 Å². The van der Waals surface area contributed by atoms with E-state index in [1.807, 2.05) is 0 Å². The number of rotatable bonds is 5. The van der Waals surface area contributed by atoms with E-state index >= 15 is 0 Å². The van der Waals surface area contributed by atoms with Gasteiger partial charge in [0.1, 0.15) is 12.4 Å². The van der Waals surface area contributed by atoms with Crippen LogP contribution in [0.1, 0.15) is 36.4 Å². The van der Waals surface area contributed by atoms with Crippen molar-refractivity contribution in [3.8, 4) is 11.3 Å². The summed E-state index contributed by atoms with van der Waals surface area (Å²) in [4.78, 5) is 6.22. The van der Waals surface area contributed by atoms with E-state index in [2.05, 4.69) is 15.0 Å². The molecule has 1 spiro atoms. The minimum Gasteiger partial charge on any atom is -0.383 e. The van der Waals surface area contributed by atoms with Gasteiger partial charge in [-0.3, -0.25) is 9.58 Å². The summed E-state index contributed by atoms with van der Waals surface area (Å²) < 4.78 is 73.0. The van der Waals surface area contributed by atoms with Crippen LogP contribution in [0.15, 0.2) is 18.3 Å². The number of likely N-dealkylation sites (tertiary alicyclic amines) is 1. The molecule has 4 heterocycles. The van der Waals surface area contributed by atoms with Crippen molar-refractivity contribution in [3.63, 3.8) is 0 Å². The molecule has 6 nitrogen and oxygen atoms in total. The van der Waals surface area contributed by atoms with Crippen LogP contribution in [-0.4, -0.2) is 57.4 Å². The number of alkyl halides is 5. The zero-order chi connectivity index (χ0) is 23.1. The van der Waals surface area contributed by atoms with Crippen molar-refractivity contribution in [2.45, 2.75) is 55.9 Å². The topological polar surface area (TPSA) is 69.2 Å². The smallest absolute Gasteiger partial charge is 0.383 e. The number of fused-ring (bicyclic) bond motifs is 1. The Morgan fingerprint density at radius 2 is 1.91 bits per heavy atom. The van der Waals surface area contributed by atoms with Crippen LogP contribution < -0.4 is 5.73 Å². The van der Waals surface area contributed by atoms with Gasteiger partial charge in [-0.2, -0.15) is 18.3 Å². The zero-order valence-electron chi connectivity index (χ0n) is 17.7. The van der Waals surface area contributed by atoms with Crippen molar-refractivity contribution in [1.82, 2.24) is 19.7 Å². The van der Waals surface area contributed by atoms with E-state index in [4.69, 9.17) is 10.5 Å². The van der Waals surface area contributed by atoms with Crippen LogP contribution in [0.2, 0.25) is 0 Å². The summed E-state index contributed by atoms with van der Waals surface area (Å²) in [5.74, 6) is 0.275. The Kier molecular flexibility index (Phi) is 4.59. The lowest BCUT2D eigenvalue weighted by Gasteiger charge is -2.57. The van der Waals surface area contributed by atoms with Gasteiger partial charge in [0.05, 0.1) is 30.5 Å². The fourth-order valence-electron chi connectivity index (χ4n) is 6.33. The van der Waals surface area contributed by atoms with Crippen molar-refractivity contribution in [2.75, 3.05) is 25.5 Å². The molecule has 2 aliphatic heterocycles. The number of nitrogens with two attached hydrogens (primary N) is 1. The monoisotopic (exact) mass is 469 g/mol. The fraction of sp³-hybridized carbons (Fsp3) is 0.636. The van der Waals surface area contributed by atoms with E-state index < -0.39 is 30.5 Å². The molecule has 178 valence electrons. The highest BCUT2D eigenvalue weighted by Gasteiger charge is 2.67. The number of pyridine rings is 1. The average Bonchev–Trinajstić information content (AvgIpc) is 3.03. The van der Waals surface area contributed by atoms with Gasteiger partial charge in [0.2, 0.25) is 0 Å². The molecular weight excluding hydrogens is 445 g/mol. The van der Waals surface area contributed by atoms with E-state index in [0.717, 1.165) is 45.1 Å². The Bertz CT molecular complexity index is 1070. The molecule has 0 bridgehead atoms. The maximum atomic E-state index is 13.3. The molecule has 4 fully saturated rings. The van der Waals surface area contributed by atoms with Gasteiger partial charge in [-0.25, -0.2) is 13.8 Å². The van der Waals surface area contributed by atoms with Crippen molar-refractivity contribution < 1.29 is 26.7 Å². The average molecular weight is 469 g/mol. The second-order valence-electron chi connectivity index (χ2n) is 9.80. The summed E-state index contributed by atoms with van der Waals surface area (Å²) >= 11 is 0. The van der Waals surface area contributed by atoms with E-state index in [1.54, 1.807) is 6.07 Å². The molecule has 0 amide bonds. The number of halogens is 5. The molecule has 2 aromatic heterocycles. The SMILES string of the molecule is Nc1ncc(-c2cc([C@H]3[C@@H]4C[C@@]5(CCN5C5COC5)C[C@@H]43)n(CC(F)F)n2)cc1C(F)(F)F. The standard InChI is InChI=1S/C22H24F5N5O/c23-18(24)8-32-17(4-16(30-32)11-3-15(22(25,26)27)20(28)29-7-11)19-13-5-21(6-14(13)19)1-2-31(21)12-9-33-10-12/h3-4,7,12-14,18-19H,1-2,5-6,8-10H2,(H2,28,29)/t13-,14+,19+,21+. The second-order valence-corrected chi connectivity index (χ2v) is 9.80. The van der Waals surface area contributed by atoms with Crippen LogP contribution in [0, 0.1) is 11.8 Å². The first kappa shape index (κ1) is 21.3. The summed E-state index contributed by atoms with van der Waals surface area (Å²) in [5, 5.41) is 4.26. The second kappa shape index (κ2) is 7.11. The number of ether oxygens (including phenoxy) is 1. The Morgan fingerprint density at radius 1 is 1.18 bits per heavy atom. The molecule has 2 aromatic rings. The lowest BCUT2D eigenvalue weighted by atomic mass is 9.77. The van der Waals surface area contributed by atoms with Gasteiger partial charge in [0.25, 0.3) is 6.43 Å². The third-order valence-corrected chi connectivity index (χ3v) is 8.03. The first-order valence-electron chi connectivity index (χ1n) is 11.2. The number of aromatic nitrogens is 3. The molecule has 4 atom stereocenters. The van der Waals surface area contributed by atoms with Crippen LogP contribution in [-0.2, 0) is 17.5 Å². The Morgan fingerprint density at radius 3 is 2.45 bits per heavy atom. The number of nitrogens with zero attached hydrogens (tertiary/aromatic N) is 4. The molecular formula is C22H24F5N5O. The molecule has 0 aromatic carbocycles. The summed E-state index contributed by atoms with van der Waals surface area (Å²) in [5.41, 5.74) is 5.55. The van der Waals surface area contributed by atoms with Crippen LogP contribution >= 0.6 is 0 Å². The highest BCUT2D eigenvalue weighted by Crippen LogP contribution is 2.69. The molecule has 2 saturated carbocycles. The zero-order valence-corrected chi connectivity index (χ0v) is 17.7. The summed E-state index contributed by atoms with van der Waals surface area (Å²) in [6, 6.07) is 3.03. The molecule has 6 rings (SSSR count). The quantitative estimate of drug-likeness (QED) is 0.676. The van der Waals surface area contributed by atoms with Gasteiger partial charge in [0.15, 0.2) is 0 Å². The van der Waals surface area contributed by atoms with Gasteiger partial charge < -0.3 is 10.5 Å². The largest absolute Gasteiger partial charge is 0.419 e. The summed E-state index contributed by atoms with van der Waals surface area (Å²) in [7, 11) is 0. The molecule has 2 saturated heterocycles. The van der Waals surface area contributed by atoms with Crippen LogP contribution in [0.4, 0.5) is 27.8 Å². The van der Waals surface area contributed by atoms with Crippen LogP contribution in [0.25, 0.3) is 11.3 Å². The van der Waals surface area contributed by atoms with E-state index in [-0.39, 0.29) is 22.7 Å². The minimum atomic E-state index is -4.66. The lowest BCUT2D eigenvalue weighted by Crippen LogP contribution is -2.67. The number of hydrogen-bond acceptors (Lipinski definition) is 5. The maximum Gasteiger partial charge on any atom is 0.419 e. The highest BCUT2D eigenvalue weighted by atomic mass is 19.4. The molecule has 0 radical (unpaired) electrons. The van der Waals surface area contributed by atoms with E-state index in [9.17, 15) is 22.0 Å². The Hall–Kier alpha value is -2.27. The van der Waals surface area contributed by atoms with Crippen molar-refractivity contribution in [3.05, 3.63) is 29.6 Å². The predicted octanol–water partition coefficient (Wildman–Crippen LogP) is 3.78. The van der Waals surface area contributed by atoms with Gasteiger partial charge in [-0.1, -0.05) is 0 Å². The van der Waals surface area contributed by atoms with E-state index in [1.165, 1.54) is 10.9 Å². The van der Waals surface area contributed by atoms with Crippen LogP contribution in [0.3, 0.4) is 0 Å². The number of hydrogen-bond donors (Lipinski definition) is 1. The van der Waals surface area contributed by atoms with Crippen LogP contribution in [0.5, 0.6) is 0 Å². The first-order valence-corrected chi connectivity index (χ1v) is 11.2. The summed E-state index contributed by atoms with van der Waals surface area (Å²) in [6.45, 7) is 2.05. The van der Waals surface area contributed by atoms with Gasteiger partial charge in [-0.05, 0) is 43.2 Å².